The minimum atomic E-state index is -1.11. The van der Waals surface area contributed by atoms with Crippen LogP contribution in [0.5, 0.6) is 0 Å². The minimum absolute atomic E-state index is 0.00302. The number of hydrogen-bond acceptors (Lipinski definition) is 8. The molecule has 2 heterocycles. The zero-order valence-corrected chi connectivity index (χ0v) is 29.1. The number of aromatic amines is 1. The zero-order chi connectivity index (χ0) is 35.6. The topological polar surface area (TPSA) is 200 Å². The number of rotatable bonds is 12. The Balaban J connectivity index is 1.56. The molecule has 1 unspecified atom stereocenters. The van der Waals surface area contributed by atoms with Gasteiger partial charge in [-0.1, -0.05) is 61.3 Å². The van der Waals surface area contributed by atoms with Gasteiger partial charge in [-0.2, -0.15) is 0 Å². The first-order chi connectivity index (χ1) is 22.4. The molecule has 1 aromatic heterocycles. The van der Waals surface area contributed by atoms with E-state index in [4.69, 9.17) is 0 Å². The van der Waals surface area contributed by atoms with Crippen LogP contribution in [0.25, 0.3) is 0 Å². The second-order valence-electron chi connectivity index (χ2n) is 15.6. The van der Waals surface area contributed by atoms with Crippen LogP contribution in [0.3, 0.4) is 0 Å². The van der Waals surface area contributed by atoms with Crippen LogP contribution in [0.2, 0.25) is 0 Å². The number of Topliss-reactive ketones (excluding diaryl/α,β-unsaturated/α-hetero) is 1. The molecule has 0 aromatic carbocycles. The highest BCUT2D eigenvalue weighted by Crippen LogP contribution is 2.43. The van der Waals surface area contributed by atoms with Gasteiger partial charge in [0.15, 0.2) is 0 Å². The molecule has 0 radical (unpaired) electrons. The van der Waals surface area contributed by atoms with E-state index in [1.54, 1.807) is 41.5 Å². The average Bonchev–Trinajstić information content (AvgIpc) is 3.56. The van der Waals surface area contributed by atoms with Crippen molar-refractivity contribution < 1.29 is 28.8 Å². The van der Waals surface area contributed by atoms with E-state index in [-0.39, 0.29) is 30.0 Å². The number of aromatic nitrogens is 2. The summed E-state index contributed by atoms with van der Waals surface area (Å²) in [6.07, 6.45) is 7.21. The molecule has 48 heavy (non-hydrogen) atoms. The molecule has 264 valence electrons. The summed E-state index contributed by atoms with van der Waals surface area (Å²) in [7, 11) is 0. The molecule has 5 N–H and O–H groups in total. The number of carbonyl (C=O) groups excluding carboxylic acids is 6. The third-order valence-electron chi connectivity index (χ3n) is 9.49. The highest BCUT2D eigenvalue weighted by molar-refractivity contribution is 6.38. The molecule has 0 spiro atoms. The maximum absolute atomic E-state index is 14.5. The van der Waals surface area contributed by atoms with Crippen molar-refractivity contribution in [1.82, 2.24) is 36.1 Å². The third-order valence-corrected chi connectivity index (χ3v) is 9.49. The first-order valence-electron chi connectivity index (χ1n) is 17.0. The van der Waals surface area contributed by atoms with Crippen molar-refractivity contribution in [2.75, 3.05) is 6.54 Å². The largest absolute Gasteiger partial charge is 0.347 e. The molecule has 14 nitrogen and oxygen atoms in total. The number of nitrogens with zero attached hydrogens (tertiary/aromatic N) is 2. The lowest BCUT2D eigenvalue weighted by molar-refractivity contribution is -0.146. The number of likely N-dealkylation sites (tertiary alicyclic amines) is 1. The smallest absolute Gasteiger partial charge is 0.289 e. The van der Waals surface area contributed by atoms with Gasteiger partial charge in [0.05, 0.1) is 18.4 Å². The lowest BCUT2D eigenvalue weighted by atomic mass is 9.82. The molecule has 2 saturated carbocycles. The van der Waals surface area contributed by atoms with Crippen molar-refractivity contribution in [3.63, 3.8) is 0 Å². The Bertz CT molecular complexity index is 1470. The number of carbonyl (C=O) groups is 6. The Labute approximate surface area is 281 Å². The highest BCUT2D eigenvalue weighted by atomic mass is 16.2. The fourth-order valence-electron chi connectivity index (χ4n) is 6.74. The van der Waals surface area contributed by atoms with Gasteiger partial charge in [0, 0.05) is 12.6 Å². The van der Waals surface area contributed by atoms with E-state index >= 15 is 0 Å². The summed E-state index contributed by atoms with van der Waals surface area (Å²) in [6, 6.07) is -4.06. The Kier molecular flexibility index (Phi) is 11.1. The molecule has 3 fully saturated rings. The fourth-order valence-corrected chi connectivity index (χ4v) is 6.74. The van der Waals surface area contributed by atoms with Crippen molar-refractivity contribution in [2.24, 2.45) is 22.7 Å². The number of hydrogen-bond donors (Lipinski definition) is 5. The maximum atomic E-state index is 14.5. The van der Waals surface area contributed by atoms with Crippen molar-refractivity contribution in [2.45, 2.75) is 124 Å². The Morgan fingerprint density at radius 1 is 0.917 bits per heavy atom. The molecule has 2 aliphatic carbocycles. The second-order valence-corrected chi connectivity index (χ2v) is 15.6. The van der Waals surface area contributed by atoms with E-state index in [1.165, 1.54) is 11.1 Å². The molecule has 0 bridgehead atoms. The van der Waals surface area contributed by atoms with Crippen molar-refractivity contribution in [3.05, 3.63) is 28.4 Å². The van der Waals surface area contributed by atoms with Crippen LogP contribution in [0.15, 0.2) is 17.2 Å². The van der Waals surface area contributed by atoms with Gasteiger partial charge >= 0.3 is 0 Å². The van der Waals surface area contributed by atoms with Crippen molar-refractivity contribution >= 4 is 35.3 Å². The molecule has 5 amide bonds. The van der Waals surface area contributed by atoms with Crippen LogP contribution < -0.4 is 26.8 Å². The molecular formula is C34H51N7O7. The summed E-state index contributed by atoms with van der Waals surface area (Å²) in [5.41, 5.74) is -2.28. The number of ketones is 1. The lowest BCUT2D eigenvalue weighted by Gasteiger charge is -2.38. The maximum Gasteiger partial charge on any atom is 0.289 e. The molecule has 3 aliphatic rings. The lowest BCUT2D eigenvalue weighted by Crippen LogP contribution is -2.63. The molecule has 1 saturated heterocycles. The van der Waals surface area contributed by atoms with Crippen LogP contribution in [-0.4, -0.2) is 86.9 Å². The standard InChI is InChI=1S/C34H51N7O7/c1-8-10-21(25(43)30(46)36-19-13-14-19)38-29(45)24-20-12-9-11-18(20)17-41(24)32(48)27(34(5,6)7)40-31(47)26(33(2,3)4)39-28(44)22-15-35-16-23(42)37-22/h15-16,18-21,24,26-27H,8-14,17H2,1-7H3,(H,36,46)(H,37,42)(H,38,45)(H,39,44)(H,40,47)/t18?,20-,21-,24-,26+,27+/m0/s1. The van der Waals surface area contributed by atoms with E-state index in [2.05, 4.69) is 31.2 Å². The van der Waals surface area contributed by atoms with E-state index in [0.717, 1.165) is 38.3 Å². The monoisotopic (exact) mass is 669 g/mol. The first kappa shape index (κ1) is 36.7. The summed E-state index contributed by atoms with van der Waals surface area (Å²) >= 11 is 0. The number of H-pyrrole nitrogens is 1. The van der Waals surface area contributed by atoms with E-state index in [1.807, 2.05) is 6.92 Å². The second kappa shape index (κ2) is 14.6. The minimum Gasteiger partial charge on any atom is -0.347 e. The van der Waals surface area contributed by atoms with Gasteiger partial charge in [-0.05, 0) is 54.8 Å². The summed E-state index contributed by atoms with van der Waals surface area (Å²) in [5, 5.41) is 11.1. The number of nitrogens with one attached hydrogen (secondary N) is 5. The van der Waals surface area contributed by atoms with Gasteiger partial charge in [-0.25, -0.2) is 0 Å². The van der Waals surface area contributed by atoms with E-state index in [9.17, 15) is 33.6 Å². The first-order valence-corrected chi connectivity index (χ1v) is 17.0. The number of amides is 5. The molecule has 1 aromatic rings. The Morgan fingerprint density at radius 2 is 1.58 bits per heavy atom. The summed E-state index contributed by atoms with van der Waals surface area (Å²) in [6.45, 7) is 12.9. The number of fused-ring (bicyclic) bond motifs is 1. The van der Waals surface area contributed by atoms with Crippen LogP contribution in [-0.2, 0) is 24.0 Å². The van der Waals surface area contributed by atoms with Crippen LogP contribution in [0, 0.1) is 22.7 Å². The van der Waals surface area contributed by atoms with E-state index < -0.39 is 75.9 Å². The third kappa shape index (κ3) is 8.67. The van der Waals surface area contributed by atoms with Gasteiger partial charge in [0.25, 0.3) is 17.4 Å². The van der Waals surface area contributed by atoms with Crippen LogP contribution >= 0.6 is 0 Å². The quantitative estimate of drug-likeness (QED) is 0.205. The summed E-state index contributed by atoms with van der Waals surface area (Å²) < 4.78 is 0. The average molecular weight is 670 g/mol. The van der Waals surface area contributed by atoms with Gasteiger partial charge < -0.3 is 31.2 Å². The van der Waals surface area contributed by atoms with Gasteiger partial charge in [0.1, 0.15) is 23.8 Å². The summed E-state index contributed by atoms with van der Waals surface area (Å²) in [5.74, 6) is -3.67. The van der Waals surface area contributed by atoms with E-state index in [0.29, 0.717) is 13.0 Å². The fraction of sp³-hybridized carbons (Fsp3) is 0.706. The van der Waals surface area contributed by atoms with Gasteiger partial charge in [0.2, 0.25) is 23.5 Å². The molecule has 1 aliphatic heterocycles. The highest BCUT2D eigenvalue weighted by Gasteiger charge is 2.52. The zero-order valence-electron chi connectivity index (χ0n) is 29.1. The summed E-state index contributed by atoms with van der Waals surface area (Å²) in [4.78, 5) is 100. The van der Waals surface area contributed by atoms with Crippen molar-refractivity contribution in [1.29, 1.82) is 0 Å². The SMILES string of the molecule is CCC[C@H](NC(=O)[C@@H]1[C@H]2CCCC2CN1C(=O)[C@@H](NC(=O)[C@@H](NC(=O)c1cncc(=O)[nH]1)C(C)(C)C)C(C)(C)C)C(=O)C(=O)NC1CC1. The van der Waals surface area contributed by atoms with Crippen molar-refractivity contribution in [3.8, 4) is 0 Å². The normalized spacial score (nSPS) is 22.6. The molecule has 4 rings (SSSR count). The molecule has 6 atom stereocenters. The van der Waals surface area contributed by atoms with Gasteiger partial charge in [-0.3, -0.25) is 38.5 Å². The molecular weight excluding hydrogens is 618 g/mol. The molecule has 14 heteroatoms. The predicted octanol–water partition coefficient (Wildman–Crippen LogP) is 1.21. The predicted molar refractivity (Wildman–Crippen MR) is 176 cm³/mol. The Morgan fingerprint density at radius 3 is 2.17 bits per heavy atom. The van der Waals surface area contributed by atoms with Gasteiger partial charge in [-0.15, -0.1) is 0 Å². The van der Waals surface area contributed by atoms with Crippen LogP contribution in [0.1, 0.15) is 104 Å². The van der Waals surface area contributed by atoms with Crippen LogP contribution in [0.4, 0.5) is 0 Å². The Hall–Kier alpha value is -4.10.